The normalized spacial score (nSPS) is 24.3. The predicted molar refractivity (Wildman–Crippen MR) is 185 cm³/mol. The molecule has 0 aromatic heterocycles. The number of allylic oxidation sites excluding steroid dienone is 1. The van der Waals surface area contributed by atoms with Gasteiger partial charge in [0, 0.05) is 31.8 Å². The largest absolute Gasteiger partial charge is 0.455 e. The average molecular weight is 666 g/mol. The number of likely N-dealkylation sites (tertiary alicyclic amines) is 1. The van der Waals surface area contributed by atoms with Crippen molar-refractivity contribution in [1.29, 1.82) is 0 Å². The molecule has 0 radical (unpaired) electrons. The summed E-state index contributed by atoms with van der Waals surface area (Å²) in [7, 11) is 0. The molecule has 2 N–H and O–H groups in total. The lowest BCUT2D eigenvalue weighted by molar-refractivity contribution is -0.160. The molecule has 0 unspecified atom stereocenters. The van der Waals surface area contributed by atoms with Gasteiger partial charge in [0.2, 0.25) is 11.8 Å². The first-order valence-electron chi connectivity index (χ1n) is 17.0. The maximum Gasteiger partial charge on any atom is 0.313 e. The van der Waals surface area contributed by atoms with Gasteiger partial charge in [-0.3, -0.25) is 19.2 Å². The van der Waals surface area contributed by atoms with Crippen molar-refractivity contribution in [1.82, 2.24) is 10.2 Å². The van der Waals surface area contributed by atoms with Crippen LogP contribution >= 0.6 is 0 Å². The minimum Gasteiger partial charge on any atom is -0.455 e. The highest BCUT2D eigenvalue weighted by Crippen LogP contribution is 2.59. The Morgan fingerprint density at radius 2 is 1.82 bits per heavy atom. The fourth-order valence-electron chi connectivity index (χ4n) is 7.77. The van der Waals surface area contributed by atoms with Crippen molar-refractivity contribution in [2.75, 3.05) is 31.1 Å². The summed E-state index contributed by atoms with van der Waals surface area (Å²) in [5.41, 5.74) is 0.113. The van der Waals surface area contributed by atoms with E-state index < -0.39 is 41.7 Å². The van der Waals surface area contributed by atoms with Crippen LogP contribution in [0.3, 0.4) is 0 Å². The molecule has 6 atom stereocenters. The molecular weight excluding hydrogens is 622 g/mol. The zero-order chi connectivity index (χ0) is 34.5. The Morgan fingerprint density at radius 1 is 1.06 bits per heavy atom. The van der Waals surface area contributed by atoms with Crippen molar-refractivity contribution < 1.29 is 33.8 Å². The van der Waals surface area contributed by atoms with Crippen molar-refractivity contribution >= 4 is 40.2 Å². The Kier molecular flexibility index (Phi) is 10.3. The molecule has 2 bridgehead atoms. The number of amides is 3. The van der Waals surface area contributed by atoms with Crippen LogP contribution in [0.4, 0.5) is 5.69 Å². The van der Waals surface area contributed by atoms with Crippen LogP contribution in [-0.4, -0.2) is 77.7 Å². The third-order valence-corrected chi connectivity index (χ3v) is 9.98. The number of nitrogens with zero attached hydrogens (tertiary/aromatic N) is 2. The summed E-state index contributed by atoms with van der Waals surface area (Å²) in [5.74, 6) is -3.36. The lowest BCUT2D eigenvalue weighted by Crippen LogP contribution is -2.56. The average Bonchev–Trinajstić information content (AvgIpc) is 3.77. The van der Waals surface area contributed by atoms with E-state index in [2.05, 4.69) is 18.5 Å². The third kappa shape index (κ3) is 6.50. The van der Waals surface area contributed by atoms with Crippen LogP contribution in [0.5, 0.6) is 0 Å². The molecule has 10 nitrogen and oxygen atoms in total. The first-order valence-corrected chi connectivity index (χ1v) is 17.0. The topological polar surface area (TPSA) is 125 Å². The standard InChI is InChI=1S/C39H43N3O7/c1-3-5-16-32(44)40-25-31(27-13-7-6-8-14-27)48-38(47)33-30-19-20-39(49-30)34(33)36(45)42(22-11-23-43)35(39)37(46)41(21-4-2)29-18-17-26-12-9-10-15-28(26)24-29/h3-4,6-10,12-15,17-18,24,30-31,33-35,43H,1-2,5,11,16,19-23,25H2,(H,40,44)/t30-,31-,33+,34+,35-,39+/m1/s1. The smallest absolute Gasteiger partial charge is 0.313 e. The predicted octanol–water partition coefficient (Wildman–Crippen LogP) is 4.48. The van der Waals surface area contributed by atoms with E-state index in [0.29, 0.717) is 30.5 Å². The molecule has 3 aliphatic rings. The maximum absolute atomic E-state index is 14.8. The molecule has 3 amide bonds. The molecule has 49 heavy (non-hydrogen) atoms. The van der Waals surface area contributed by atoms with Crippen molar-refractivity contribution in [2.24, 2.45) is 11.8 Å². The molecule has 3 aliphatic heterocycles. The molecule has 10 heteroatoms. The van der Waals surface area contributed by atoms with Crippen LogP contribution < -0.4 is 10.2 Å². The van der Waals surface area contributed by atoms with Crippen LogP contribution in [0.2, 0.25) is 0 Å². The quantitative estimate of drug-likeness (QED) is 0.181. The SMILES string of the molecule is C=CCCC(=O)NC[C@@H](OC(=O)[C@@H]1[C@H]2C(=O)N(CCCO)[C@H](C(=O)N(CC=C)c3ccc4ccccc4c3)[C@]23CC[C@H]1O3)c1ccccc1. The fourth-order valence-corrected chi connectivity index (χ4v) is 7.77. The van der Waals surface area contributed by atoms with Gasteiger partial charge < -0.3 is 29.7 Å². The number of anilines is 1. The summed E-state index contributed by atoms with van der Waals surface area (Å²) in [6.45, 7) is 7.76. The van der Waals surface area contributed by atoms with Gasteiger partial charge in [-0.25, -0.2) is 0 Å². The van der Waals surface area contributed by atoms with Gasteiger partial charge in [0.15, 0.2) is 0 Å². The van der Waals surface area contributed by atoms with Crippen LogP contribution in [0.1, 0.15) is 43.8 Å². The first-order chi connectivity index (χ1) is 23.8. The lowest BCUT2D eigenvalue weighted by Gasteiger charge is -2.36. The van der Waals surface area contributed by atoms with E-state index in [-0.39, 0.29) is 56.8 Å². The van der Waals surface area contributed by atoms with Crippen molar-refractivity contribution in [3.8, 4) is 0 Å². The second-order valence-corrected chi connectivity index (χ2v) is 12.9. The molecular formula is C39H43N3O7. The molecule has 6 rings (SSSR count). The minimum atomic E-state index is -1.24. The number of carbonyl (C=O) groups excluding carboxylic acids is 4. The second-order valence-electron chi connectivity index (χ2n) is 12.9. The number of aliphatic hydroxyl groups excluding tert-OH is 1. The molecule has 3 saturated heterocycles. The summed E-state index contributed by atoms with van der Waals surface area (Å²) in [5, 5.41) is 14.6. The van der Waals surface area contributed by atoms with Crippen LogP contribution in [-0.2, 0) is 28.7 Å². The Morgan fingerprint density at radius 3 is 2.55 bits per heavy atom. The van der Waals surface area contributed by atoms with Crippen LogP contribution in [0.25, 0.3) is 10.8 Å². The minimum absolute atomic E-state index is 0.0553. The number of aliphatic hydroxyl groups is 1. The zero-order valence-corrected chi connectivity index (χ0v) is 27.5. The molecule has 3 heterocycles. The summed E-state index contributed by atoms with van der Waals surface area (Å²) >= 11 is 0. The van der Waals surface area contributed by atoms with Gasteiger partial charge >= 0.3 is 5.97 Å². The summed E-state index contributed by atoms with van der Waals surface area (Å²) in [6.07, 6.45) is 3.84. The van der Waals surface area contributed by atoms with Gasteiger partial charge in [0.1, 0.15) is 17.7 Å². The lowest BCUT2D eigenvalue weighted by atomic mass is 9.70. The van der Waals surface area contributed by atoms with Crippen LogP contribution in [0, 0.1) is 11.8 Å². The number of benzene rings is 3. The Labute approximate surface area is 286 Å². The number of nitrogens with one attached hydrogen (secondary N) is 1. The Bertz CT molecular complexity index is 1730. The summed E-state index contributed by atoms with van der Waals surface area (Å²) in [4.78, 5) is 58.8. The summed E-state index contributed by atoms with van der Waals surface area (Å²) < 4.78 is 12.7. The Balaban J connectivity index is 1.30. The van der Waals surface area contributed by atoms with E-state index in [4.69, 9.17) is 9.47 Å². The van der Waals surface area contributed by atoms with E-state index in [0.717, 1.165) is 10.8 Å². The molecule has 3 aromatic carbocycles. The number of carbonyl (C=O) groups is 4. The number of ether oxygens (including phenoxy) is 2. The molecule has 1 spiro atoms. The van der Waals surface area contributed by atoms with Gasteiger partial charge in [0.05, 0.1) is 24.5 Å². The van der Waals surface area contributed by atoms with Gasteiger partial charge in [-0.15, -0.1) is 13.2 Å². The molecule has 3 aromatic rings. The first kappa shape index (κ1) is 34.1. The molecule has 0 aliphatic carbocycles. The van der Waals surface area contributed by atoms with E-state index in [9.17, 15) is 24.3 Å². The zero-order valence-electron chi connectivity index (χ0n) is 27.5. The number of fused-ring (bicyclic) bond motifs is 2. The molecule has 3 fully saturated rings. The van der Waals surface area contributed by atoms with E-state index in [1.165, 1.54) is 4.90 Å². The van der Waals surface area contributed by atoms with Gasteiger partial charge in [-0.1, -0.05) is 72.8 Å². The van der Waals surface area contributed by atoms with Gasteiger partial charge in [-0.2, -0.15) is 0 Å². The molecule has 256 valence electrons. The maximum atomic E-state index is 14.8. The number of esters is 1. The third-order valence-electron chi connectivity index (χ3n) is 9.98. The number of hydrogen-bond acceptors (Lipinski definition) is 7. The van der Waals surface area contributed by atoms with Crippen molar-refractivity contribution in [3.05, 3.63) is 104 Å². The fraction of sp³-hybridized carbons (Fsp3) is 0.385. The number of rotatable bonds is 15. The van der Waals surface area contributed by atoms with Crippen molar-refractivity contribution in [3.63, 3.8) is 0 Å². The monoisotopic (exact) mass is 665 g/mol. The van der Waals surface area contributed by atoms with Gasteiger partial charge in [-0.05, 0) is 54.2 Å². The van der Waals surface area contributed by atoms with Gasteiger partial charge in [0.25, 0.3) is 5.91 Å². The highest BCUT2D eigenvalue weighted by Gasteiger charge is 2.75. The number of hydrogen-bond donors (Lipinski definition) is 2. The van der Waals surface area contributed by atoms with E-state index in [1.807, 2.05) is 72.8 Å². The van der Waals surface area contributed by atoms with Crippen molar-refractivity contribution in [2.45, 2.75) is 56.0 Å². The van der Waals surface area contributed by atoms with E-state index >= 15 is 0 Å². The summed E-state index contributed by atoms with van der Waals surface area (Å²) in [6, 6.07) is 21.8. The highest BCUT2D eigenvalue weighted by atomic mass is 16.6. The molecule has 0 saturated carbocycles. The Hall–Kier alpha value is -4.80. The highest BCUT2D eigenvalue weighted by molar-refractivity contribution is 6.05. The van der Waals surface area contributed by atoms with Crippen LogP contribution in [0.15, 0.2) is 98.1 Å². The van der Waals surface area contributed by atoms with E-state index in [1.54, 1.807) is 17.1 Å². The second kappa shape index (κ2) is 14.8.